The lowest BCUT2D eigenvalue weighted by Crippen LogP contribution is -2.28. The van der Waals surface area contributed by atoms with Crippen molar-refractivity contribution in [1.82, 2.24) is 5.32 Å². The summed E-state index contributed by atoms with van der Waals surface area (Å²) in [6.07, 6.45) is -1.09. The van der Waals surface area contributed by atoms with Crippen molar-refractivity contribution in [1.29, 1.82) is 0 Å². The zero-order valence-electron chi connectivity index (χ0n) is 11.1. The van der Waals surface area contributed by atoms with Gasteiger partial charge in [-0.3, -0.25) is 4.79 Å². The lowest BCUT2D eigenvalue weighted by atomic mass is 10.1. The summed E-state index contributed by atoms with van der Waals surface area (Å²) in [6.45, 7) is -3.08. The molecule has 22 heavy (non-hydrogen) atoms. The molecule has 0 fully saturated rings. The minimum Gasteiger partial charge on any atom is -0.440 e. The second kappa shape index (κ2) is 7.24. The van der Waals surface area contributed by atoms with Gasteiger partial charge in [0.25, 0.3) is 5.91 Å². The SMILES string of the molecule is O=C(NCC(O)c1cccc(OC(F)F)c1)c1ccc(Cl)o1. The Hall–Kier alpha value is -2.12. The summed E-state index contributed by atoms with van der Waals surface area (Å²) in [4.78, 5) is 11.7. The number of carbonyl (C=O) groups excluding carboxylic acids is 1. The van der Waals surface area contributed by atoms with Crippen LogP contribution in [0.3, 0.4) is 0 Å². The summed E-state index contributed by atoms with van der Waals surface area (Å²) in [5.74, 6) is -0.617. The minimum absolute atomic E-state index is 0.00647. The third-order valence-electron chi connectivity index (χ3n) is 2.72. The molecule has 0 bridgehead atoms. The van der Waals surface area contributed by atoms with E-state index >= 15 is 0 Å². The van der Waals surface area contributed by atoms with Gasteiger partial charge < -0.3 is 19.6 Å². The molecule has 8 heteroatoms. The number of nitrogens with one attached hydrogen (secondary N) is 1. The van der Waals surface area contributed by atoms with Gasteiger partial charge >= 0.3 is 6.61 Å². The van der Waals surface area contributed by atoms with E-state index in [1.807, 2.05) is 0 Å². The molecule has 0 aliphatic heterocycles. The second-order valence-corrected chi connectivity index (χ2v) is 4.65. The molecule has 1 unspecified atom stereocenters. The van der Waals surface area contributed by atoms with Crippen LogP contribution in [0.4, 0.5) is 8.78 Å². The standard InChI is InChI=1S/C14H12ClF2NO4/c15-12-5-4-11(22-12)13(20)18-7-10(19)8-2-1-3-9(6-8)21-14(16)17/h1-6,10,14,19H,7H2,(H,18,20). The maximum atomic E-state index is 12.1. The van der Waals surface area contributed by atoms with E-state index < -0.39 is 18.6 Å². The van der Waals surface area contributed by atoms with Gasteiger partial charge in [-0.15, -0.1) is 0 Å². The largest absolute Gasteiger partial charge is 0.440 e. The van der Waals surface area contributed by atoms with Crippen LogP contribution in [0.25, 0.3) is 0 Å². The third kappa shape index (κ3) is 4.44. The van der Waals surface area contributed by atoms with Crippen molar-refractivity contribution in [2.45, 2.75) is 12.7 Å². The average molecular weight is 332 g/mol. The minimum atomic E-state index is -2.95. The third-order valence-corrected chi connectivity index (χ3v) is 2.92. The van der Waals surface area contributed by atoms with E-state index in [4.69, 9.17) is 16.0 Å². The number of aliphatic hydroxyl groups is 1. The van der Waals surface area contributed by atoms with Gasteiger partial charge in [0.05, 0.1) is 6.10 Å². The molecule has 1 heterocycles. The number of rotatable bonds is 6. The lowest BCUT2D eigenvalue weighted by molar-refractivity contribution is -0.0499. The molecule has 0 spiro atoms. The van der Waals surface area contributed by atoms with E-state index in [-0.39, 0.29) is 23.3 Å². The molecule has 2 N–H and O–H groups in total. The molecule has 5 nitrogen and oxygen atoms in total. The molecule has 118 valence electrons. The molecule has 0 saturated carbocycles. The van der Waals surface area contributed by atoms with Crippen LogP contribution in [0.5, 0.6) is 5.75 Å². The zero-order valence-corrected chi connectivity index (χ0v) is 11.9. The summed E-state index contributed by atoms with van der Waals surface area (Å²) in [5, 5.41) is 12.5. The van der Waals surface area contributed by atoms with E-state index in [1.165, 1.54) is 36.4 Å². The van der Waals surface area contributed by atoms with Crippen molar-refractivity contribution in [3.63, 3.8) is 0 Å². The number of benzene rings is 1. The number of halogens is 3. The number of aliphatic hydroxyl groups excluding tert-OH is 1. The molecule has 1 aromatic carbocycles. The Morgan fingerprint density at radius 3 is 2.77 bits per heavy atom. The topological polar surface area (TPSA) is 71.7 Å². The normalized spacial score (nSPS) is 12.2. The Morgan fingerprint density at radius 2 is 2.14 bits per heavy atom. The molecule has 1 amide bonds. The number of ether oxygens (including phenoxy) is 1. The molecule has 1 atom stereocenters. The van der Waals surface area contributed by atoms with Crippen LogP contribution >= 0.6 is 11.6 Å². The quantitative estimate of drug-likeness (QED) is 0.853. The maximum absolute atomic E-state index is 12.1. The molecular weight excluding hydrogens is 320 g/mol. The average Bonchev–Trinajstić information content (AvgIpc) is 2.90. The Balaban J connectivity index is 1.94. The van der Waals surface area contributed by atoms with Crippen LogP contribution in [-0.4, -0.2) is 24.2 Å². The highest BCUT2D eigenvalue weighted by Gasteiger charge is 2.14. The highest BCUT2D eigenvalue weighted by molar-refractivity contribution is 6.29. The molecule has 0 aliphatic carbocycles. The van der Waals surface area contributed by atoms with E-state index in [1.54, 1.807) is 0 Å². The highest BCUT2D eigenvalue weighted by Crippen LogP contribution is 2.20. The first kappa shape index (κ1) is 16.3. The van der Waals surface area contributed by atoms with E-state index in [9.17, 15) is 18.7 Å². The predicted octanol–water partition coefficient (Wildman–Crippen LogP) is 3.00. The van der Waals surface area contributed by atoms with Crippen molar-refractivity contribution >= 4 is 17.5 Å². The van der Waals surface area contributed by atoms with Gasteiger partial charge in [0.1, 0.15) is 5.75 Å². The summed E-state index contributed by atoms with van der Waals surface area (Å²) in [7, 11) is 0. The van der Waals surface area contributed by atoms with Crippen LogP contribution in [-0.2, 0) is 0 Å². The van der Waals surface area contributed by atoms with Gasteiger partial charge in [0, 0.05) is 6.54 Å². The number of carbonyl (C=O) groups is 1. The Labute approximate surface area is 129 Å². The first-order chi connectivity index (χ1) is 10.5. The molecule has 0 radical (unpaired) electrons. The van der Waals surface area contributed by atoms with Gasteiger partial charge in [-0.2, -0.15) is 8.78 Å². The van der Waals surface area contributed by atoms with Crippen molar-refractivity contribution in [3.05, 3.63) is 52.9 Å². The van der Waals surface area contributed by atoms with Crippen LogP contribution in [0.2, 0.25) is 5.22 Å². The summed E-state index contributed by atoms with van der Waals surface area (Å²) < 4.78 is 33.4. The molecule has 0 aliphatic rings. The van der Waals surface area contributed by atoms with E-state index in [0.717, 1.165) is 0 Å². The van der Waals surface area contributed by atoms with Crippen LogP contribution in [0.15, 0.2) is 40.8 Å². The van der Waals surface area contributed by atoms with Crippen molar-refractivity contribution in [2.75, 3.05) is 6.54 Å². The summed E-state index contributed by atoms with van der Waals surface area (Å²) >= 11 is 5.55. The van der Waals surface area contributed by atoms with Crippen molar-refractivity contribution in [2.24, 2.45) is 0 Å². The lowest BCUT2D eigenvalue weighted by Gasteiger charge is -2.13. The van der Waals surface area contributed by atoms with Crippen LogP contribution in [0.1, 0.15) is 22.2 Å². The Kier molecular flexibility index (Phi) is 5.35. The number of amides is 1. The number of furan rings is 1. The van der Waals surface area contributed by atoms with Crippen molar-refractivity contribution < 1.29 is 27.8 Å². The molecular formula is C14H12ClF2NO4. The summed E-state index contributed by atoms with van der Waals surface area (Å²) in [6, 6.07) is 8.40. The van der Waals surface area contributed by atoms with Gasteiger partial charge in [-0.05, 0) is 41.4 Å². The van der Waals surface area contributed by atoms with Gasteiger partial charge in [0.15, 0.2) is 11.0 Å². The monoisotopic (exact) mass is 331 g/mol. The van der Waals surface area contributed by atoms with Gasteiger partial charge in [0.2, 0.25) is 0 Å². The first-order valence-electron chi connectivity index (χ1n) is 6.22. The van der Waals surface area contributed by atoms with E-state index in [0.29, 0.717) is 5.56 Å². The van der Waals surface area contributed by atoms with Crippen LogP contribution < -0.4 is 10.1 Å². The smallest absolute Gasteiger partial charge is 0.387 e. The predicted molar refractivity (Wildman–Crippen MR) is 74.1 cm³/mol. The molecule has 1 aromatic heterocycles. The van der Waals surface area contributed by atoms with Crippen molar-refractivity contribution in [3.8, 4) is 5.75 Å². The fourth-order valence-corrected chi connectivity index (χ4v) is 1.87. The van der Waals surface area contributed by atoms with Gasteiger partial charge in [-0.25, -0.2) is 0 Å². The number of alkyl halides is 2. The van der Waals surface area contributed by atoms with Crippen LogP contribution in [0, 0.1) is 0 Å². The maximum Gasteiger partial charge on any atom is 0.387 e. The zero-order chi connectivity index (χ0) is 16.1. The second-order valence-electron chi connectivity index (χ2n) is 4.28. The Bertz CT molecular complexity index is 647. The Morgan fingerprint density at radius 1 is 1.36 bits per heavy atom. The molecule has 2 rings (SSSR count). The fourth-order valence-electron chi connectivity index (χ4n) is 1.73. The molecule has 2 aromatic rings. The number of hydrogen-bond acceptors (Lipinski definition) is 4. The molecule has 0 saturated heterocycles. The summed E-state index contributed by atoms with van der Waals surface area (Å²) in [5.41, 5.74) is 0.330. The first-order valence-corrected chi connectivity index (χ1v) is 6.60. The number of hydrogen-bond donors (Lipinski definition) is 2. The highest BCUT2D eigenvalue weighted by atomic mass is 35.5. The van der Waals surface area contributed by atoms with E-state index in [2.05, 4.69) is 10.1 Å². The van der Waals surface area contributed by atoms with Gasteiger partial charge in [-0.1, -0.05) is 12.1 Å². The fraction of sp³-hybridized carbons (Fsp3) is 0.214.